The van der Waals surface area contributed by atoms with Crippen molar-refractivity contribution in [2.24, 2.45) is 0 Å². The lowest BCUT2D eigenvalue weighted by Crippen LogP contribution is -2.44. The van der Waals surface area contributed by atoms with Gasteiger partial charge in [0, 0.05) is 13.1 Å². The summed E-state index contributed by atoms with van der Waals surface area (Å²) in [5.41, 5.74) is 0. The number of rotatable bonds is 9. The molecule has 108 valence electrons. The average molecular weight is 271 g/mol. The summed E-state index contributed by atoms with van der Waals surface area (Å²) in [7, 11) is 0. The van der Waals surface area contributed by atoms with E-state index in [2.05, 4.69) is 0 Å². The molecule has 3 aliphatic heterocycles. The van der Waals surface area contributed by atoms with Gasteiger partial charge in [-0.05, 0) is 6.42 Å². The van der Waals surface area contributed by atoms with Gasteiger partial charge in [0.15, 0.2) is 0 Å². The van der Waals surface area contributed by atoms with Crippen molar-refractivity contribution in [3.05, 3.63) is 0 Å². The molecule has 3 aliphatic rings. The van der Waals surface area contributed by atoms with E-state index >= 15 is 0 Å². The van der Waals surface area contributed by atoms with Gasteiger partial charge >= 0.3 is 0 Å². The SMILES string of the molecule is CCC(OCC1CO1)C(=O)N(CC1CO1)CC1CO1. The third-order valence-corrected chi connectivity index (χ3v) is 3.50. The molecule has 0 radical (unpaired) electrons. The van der Waals surface area contributed by atoms with E-state index in [0.29, 0.717) is 26.1 Å². The summed E-state index contributed by atoms with van der Waals surface area (Å²) in [5.74, 6) is 0.0501. The Balaban J connectivity index is 1.51. The first-order valence-corrected chi connectivity index (χ1v) is 7.01. The van der Waals surface area contributed by atoms with Gasteiger partial charge in [0.05, 0.1) is 38.6 Å². The second-order valence-electron chi connectivity index (χ2n) is 5.34. The largest absolute Gasteiger partial charge is 0.371 e. The quantitative estimate of drug-likeness (QED) is 0.544. The maximum atomic E-state index is 12.5. The third kappa shape index (κ3) is 4.14. The molecule has 3 fully saturated rings. The monoisotopic (exact) mass is 271 g/mol. The van der Waals surface area contributed by atoms with E-state index in [1.807, 2.05) is 11.8 Å². The highest BCUT2D eigenvalue weighted by Gasteiger charge is 2.36. The number of nitrogens with zero attached hydrogens (tertiary/aromatic N) is 1. The topological polar surface area (TPSA) is 67.1 Å². The highest BCUT2D eigenvalue weighted by molar-refractivity contribution is 5.81. The Bertz CT molecular complexity index is 311. The van der Waals surface area contributed by atoms with Crippen LogP contribution in [0.15, 0.2) is 0 Å². The van der Waals surface area contributed by atoms with Gasteiger partial charge in [0.25, 0.3) is 5.91 Å². The first kappa shape index (κ1) is 13.3. The van der Waals surface area contributed by atoms with E-state index in [-0.39, 0.29) is 30.3 Å². The lowest BCUT2D eigenvalue weighted by atomic mass is 10.2. The molecule has 4 atom stereocenters. The van der Waals surface area contributed by atoms with Crippen molar-refractivity contribution in [3.8, 4) is 0 Å². The average Bonchev–Trinajstić information content (AvgIpc) is 3.26. The predicted octanol–water partition coefficient (Wildman–Crippen LogP) is -0.193. The smallest absolute Gasteiger partial charge is 0.251 e. The van der Waals surface area contributed by atoms with Gasteiger partial charge in [-0.15, -0.1) is 0 Å². The van der Waals surface area contributed by atoms with Crippen LogP contribution in [0.2, 0.25) is 0 Å². The Hall–Kier alpha value is -0.690. The predicted molar refractivity (Wildman–Crippen MR) is 65.8 cm³/mol. The fourth-order valence-electron chi connectivity index (χ4n) is 2.05. The van der Waals surface area contributed by atoms with Crippen LogP contribution < -0.4 is 0 Å². The van der Waals surface area contributed by atoms with Gasteiger partial charge in [-0.3, -0.25) is 4.79 Å². The van der Waals surface area contributed by atoms with Crippen LogP contribution in [-0.2, 0) is 23.7 Å². The van der Waals surface area contributed by atoms with Gasteiger partial charge < -0.3 is 23.8 Å². The molecule has 3 rings (SSSR count). The van der Waals surface area contributed by atoms with Gasteiger partial charge in [0.2, 0.25) is 0 Å². The van der Waals surface area contributed by atoms with Crippen molar-refractivity contribution in [2.45, 2.75) is 37.8 Å². The van der Waals surface area contributed by atoms with Crippen LogP contribution in [-0.4, -0.2) is 74.7 Å². The van der Waals surface area contributed by atoms with E-state index in [9.17, 15) is 4.79 Å². The fraction of sp³-hybridized carbons (Fsp3) is 0.923. The molecule has 3 saturated heterocycles. The Morgan fingerprint density at radius 3 is 2.11 bits per heavy atom. The van der Waals surface area contributed by atoms with Crippen molar-refractivity contribution in [2.75, 3.05) is 39.5 Å². The van der Waals surface area contributed by atoms with E-state index in [4.69, 9.17) is 18.9 Å². The maximum Gasteiger partial charge on any atom is 0.251 e. The Morgan fingerprint density at radius 1 is 1.16 bits per heavy atom. The lowest BCUT2D eigenvalue weighted by Gasteiger charge is -2.25. The molecule has 6 heteroatoms. The zero-order valence-electron chi connectivity index (χ0n) is 11.2. The molecular formula is C13H21NO5. The highest BCUT2D eigenvalue weighted by atomic mass is 16.6. The minimum atomic E-state index is -0.373. The van der Waals surface area contributed by atoms with Crippen molar-refractivity contribution in [1.29, 1.82) is 0 Å². The minimum Gasteiger partial charge on any atom is -0.371 e. The van der Waals surface area contributed by atoms with Crippen LogP contribution in [0.5, 0.6) is 0 Å². The molecule has 0 aliphatic carbocycles. The van der Waals surface area contributed by atoms with Crippen LogP contribution in [0.4, 0.5) is 0 Å². The van der Waals surface area contributed by atoms with Crippen LogP contribution in [0.3, 0.4) is 0 Å². The number of carbonyl (C=O) groups is 1. The van der Waals surface area contributed by atoms with Crippen LogP contribution in [0.25, 0.3) is 0 Å². The molecule has 0 aromatic rings. The van der Waals surface area contributed by atoms with E-state index in [0.717, 1.165) is 19.8 Å². The molecule has 0 bridgehead atoms. The summed E-state index contributed by atoms with van der Waals surface area (Å²) in [6.45, 7) is 6.04. The number of epoxide rings is 3. The first-order chi connectivity index (χ1) is 9.26. The highest BCUT2D eigenvalue weighted by Crippen LogP contribution is 2.18. The second kappa shape index (κ2) is 5.75. The second-order valence-corrected chi connectivity index (χ2v) is 5.34. The number of ether oxygens (including phenoxy) is 4. The van der Waals surface area contributed by atoms with Crippen LogP contribution in [0, 0.1) is 0 Å². The number of carbonyl (C=O) groups excluding carboxylic acids is 1. The summed E-state index contributed by atoms with van der Waals surface area (Å²) in [6.07, 6.45) is 0.897. The van der Waals surface area contributed by atoms with Gasteiger partial charge in [-0.25, -0.2) is 0 Å². The summed E-state index contributed by atoms with van der Waals surface area (Å²) in [4.78, 5) is 14.3. The van der Waals surface area contributed by atoms with Crippen molar-refractivity contribution >= 4 is 5.91 Å². The first-order valence-electron chi connectivity index (χ1n) is 7.01. The molecule has 19 heavy (non-hydrogen) atoms. The summed E-state index contributed by atoms with van der Waals surface area (Å²) < 4.78 is 21.2. The zero-order chi connectivity index (χ0) is 13.2. The fourth-order valence-corrected chi connectivity index (χ4v) is 2.05. The van der Waals surface area contributed by atoms with Crippen LogP contribution >= 0.6 is 0 Å². The zero-order valence-corrected chi connectivity index (χ0v) is 11.2. The number of hydrogen-bond donors (Lipinski definition) is 0. The van der Waals surface area contributed by atoms with E-state index in [1.54, 1.807) is 0 Å². The van der Waals surface area contributed by atoms with Gasteiger partial charge in [-0.1, -0.05) is 6.92 Å². The minimum absolute atomic E-state index is 0.0501. The molecule has 0 aromatic heterocycles. The van der Waals surface area contributed by atoms with Gasteiger partial charge in [-0.2, -0.15) is 0 Å². The van der Waals surface area contributed by atoms with Crippen molar-refractivity contribution in [3.63, 3.8) is 0 Å². The molecule has 0 aromatic carbocycles. The van der Waals surface area contributed by atoms with Gasteiger partial charge in [0.1, 0.15) is 12.2 Å². The maximum absolute atomic E-state index is 12.5. The summed E-state index contributed by atoms with van der Waals surface area (Å²) in [5, 5.41) is 0. The van der Waals surface area contributed by atoms with E-state index in [1.165, 1.54) is 0 Å². The Labute approximate surface area is 112 Å². The number of hydrogen-bond acceptors (Lipinski definition) is 5. The standard InChI is InChI=1S/C13H21NO5/c1-2-12(19-8-11-7-18-11)13(15)14(3-9-5-16-9)4-10-6-17-10/h9-12H,2-8H2,1H3. The third-order valence-electron chi connectivity index (χ3n) is 3.50. The van der Waals surface area contributed by atoms with Crippen molar-refractivity contribution in [1.82, 2.24) is 4.90 Å². The summed E-state index contributed by atoms with van der Waals surface area (Å²) in [6, 6.07) is 0. The Kier molecular flexibility index (Phi) is 4.02. The van der Waals surface area contributed by atoms with E-state index < -0.39 is 0 Å². The normalized spacial score (nSPS) is 32.8. The molecule has 0 saturated carbocycles. The molecule has 0 spiro atoms. The van der Waals surface area contributed by atoms with Crippen molar-refractivity contribution < 1.29 is 23.7 Å². The van der Waals surface area contributed by atoms with Crippen LogP contribution in [0.1, 0.15) is 13.3 Å². The lowest BCUT2D eigenvalue weighted by molar-refractivity contribution is -0.144. The molecular weight excluding hydrogens is 250 g/mol. The molecule has 6 nitrogen and oxygen atoms in total. The molecule has 4 unspecified atom stereocenters. The molecule has 0 N–H and O–H groups in total. The summed E-state index contributed by atoms with van der Waals surface area (Å²) >= 11 is 0. The Morgan fingerprint density at radius 2 is 1.68 bits per heavy atom. The molecule has 1 amide bonds. The number of amides is 1. The molecule has 3 heterocycles.